The van der Waals surface area contributed by atoms with Crippen molar-refractivity contribution < 1.29 is 18.1 Å². The Bertz CT molecular complexity index is 914. The van der Waals surface area contributed by atoms with Gasteiger partial charge in [0.1, 0.15) is 10.8 Å². The van der Waals surface area contributed by atoms with Crippen molar-refractivity contribution in [3.8, 4) is 0 Å². The molecule has 0 atom stereocenters. The van der Waals surface area contributed by atoms with Crippen molar-refractivity contribution in [1.29, 1.82) is 0 Å². The highest BCUT2D eigenvalue weighted by Crippen LogP contribution is 2.27. The lowest BCUT2D eigenvalue weighted by Gasteiger charge is -2.07. The number of hydrogen-bond acceptors (Lipinski definition) is 5. The monoisotopic (exact) mass is 402 g/mol. The quantitative estimate of drug-likeness (QED) is 0.587. The molecule has 0 bridgehead atoms. The third kappa shape index (κ3) is 5.70. The highest BCUT2D eigenvalue weighted by Gasteiger charge is 2.19. The average Bonchev–Trinajstić information content (AvgIpc) is 2.50. The van der Waals surface area contributed by atoms with Gasteiger partial charge in [0.05, 0.1) is 10.7 Å². The van der Waals surface area contributed by atoms with E-state index in [9.17, 15) is 23.3 Å². The van der Waals surface area contributed by atoms with Gasteiger partial charge in [0, 0.05) is 16.8 Å². The zero-order chi connectivity index (χ0) is 18.6. The molecule has 1 N–H and O–H groups in total. The van der Waals surface area contributed by atoms with Gasteiger partial charge in [0.15, 0.2) is 9.84 Å². The van der Waals surface area contributed by atoms with Gasteiger partial charge in [0.25, 0.3) is 5.69 Å². The van der Waals surface area contributed by atoms with Crippen LogP contribution in [0.25, 0.3) is 0 Å². The van der Waals surface area contributed by atoms with Crippen LogP contribution in [-0.2, 0) is 20.4 Å². The molecule has 0 aliphatic carbocycles. The van der Waals surface area contributed by atoms with E-state index in [1.54, 1.807) is 24.3 Å². The highest BCUT2D eigenvalue weighted by atomic mass is 35.5. The summed E-state index contributed by atoms with van der Waals surface area (Å²) in [6.07, 6.45) is 0. The first kappa shape index (κ1) is 19.2. The number of nitro benzene ring substituents is 1. The zero-order valence-corrected chi connectivity index (χ0v) is 14.9. The second kappa shape index (κ2) is 7.81. The third-order valence-corrected chi connectivity index (χ3v) is 5.12. The van der Waals surface area contributed by atoms with E-state index < -0.39 is 26.4 Å². The molecule has 0 aromatic heterocycles. The van der Waals surface area contributed by atoms with Crippen molar-refractivity contribution in [2.45, 2.75) is 5.75 Å². The molecule has 0 aliphatic rings. The molecule has 2 aromatic carbocycles. The number of nitrogens with zero attached hydrogens (tertiary/aromatic N) is 1. The molecule has 25 heavy (non-hydrogen) atoms. The molecule has 0 saturated heterocycles. The molecule has 0 radical (unpaired) electrons. The number of carbonyl (C=O) groups is 1. The maximum atomic E-state index is 12.1. The average molecular weight is 403 g/mol. The molecular formula is C15H12Cl2N2O5S. The van der Waals surface area contributed by atoms with Crippen LogP contribution in [0.4, 0.5) is 11.4 Å². The third-order valence-electron chi connectivity index (χ3n) is 3.08. The number of amides is 1. The van der Waals surface area contributed by atoms with E-state index in [0.29, 0.717) is 10.6 Å². The number of nitrogens with one attached hydrogen (secondary N) is 1. The van der Waals surface area contributed by atoms with Crippen LogP contribution in [0.3, 0.4) is 0 Å². The number of carbonyl (C=O) groups excluding carboxylic acids is 1. The Kier molecular flexibility index (Phi) is 5.99. The van der Waals surface area contributed by atoms with Crippen LogP contribution in [-0.4, -0.2) is 25.0 Å². The van der Waals surface area contributed by atoms with Gasteiger partial charge in [-0.15, -0.1) is 0 Å². The number of sulfone groups is 1. The van der Waals surface area contributed by atoms with Crippen molar-refractivity contribution in [3.05, 3.63) is 68.2 Å². The molecular weight excluding hydrogens is 391 g/mol. The SMILES string of the molecule is O=C(CS(=O)(=O)Cc1ccc(Cl)cc1)Nc1ccc(Cl)c([N+](=O)[O-])c1. The second-order valence-electron chi connectivity index (χ2n) is 5.13. The Labute approximate surface area is 153 Å². The van der Waals surface area contributed by atoms with E-state index in [0.717, 1.165) is 6.07 Å². The Morgan fingerprint density at radius 3 is 2.36 bits per heavy atom. The summed E-state index contributed by atoms with van der Waals surface area (Å²) < 4.78 is 24.2. The van der Waals surface area contributed by atoms with Crippen LogP contribution in [0, 0.1) is 10.1 Å². The van der Waals surface area contributed by atoms with Crippen molar-refractivity contribution in [2.24, 2.45) is 0 Å². The van der Waals surface area contributed by atoms with Gasteiger partial charge in [-0.2, -0.15) is 0 Å². The van der Waals surface area contributed by atoms with Gasteiger partial charge in [-0.05, 0) is 29.8 Å². The highest BCUT2D eigenvalue weighted by molar-refractivity contribution is 7.91. The molecule has 132 valence electrons. The smallest absolute Gasteiger partial charge is 0.289 e. The van der Waals surface area contributed by atoms with Crippen LogP contribution in [0.2, 0.25) is 10.0 Å². The van der Waals surface area contributed by atoms with E-state index >= 15 is 0 Å². The summed E-state index contributed by atoms with van der Waals surface area (Å²) in [5, 5.41) is 13.5. The van der Waals surface area contributed by atoms with E-state index in [2.05, 4.69) is 5.32 Å². The number of nitro groups is 1. The molecule has 7 nitrogen and oxygen atoms in total. The summed E-state index contributed by atoms with van der Waals surface area (Å²) >= 11 is 11.4. The van der Waals surface area contributed by atoms with Crippen LogP contribution in [0.1, 0.15) is 5.56 Å². The maximum Gasteiger partial charge on any atom is 0.289 e. The lowest BCUT2D eigenvalue weighted by Crippen LogP contribution is -2.24. The summed E-state index contributed by atoms with van der Waals surface area (Å²) in [5.41, 5.74) is 0.200. The first-order valence-electron chi connectivity index (χ1n) is 6.85. The predicted molar refractivity (Wildman–Crippen MR) is 95.7 cm³/mol. The van der Waals surface area contributed by atoms with E-state index in [1.165, 1.54) is 12.1 Å². The van der Waals surface area contributed by atoms with Gasteiger partial charge in [0.2, 0.25) is 5.91 Å². The van der Waals surface area contributed by atoms with E-state index in [4.69, 9.17) is 23.2 Å². The standard InChI is InChI=1S/C15H12Cl2N2O5S/c16-11-3-1-10(2-4-11)8-25(23,24)9-15(20)18-12-5-6-13(17)14(7-12)19(21)22/h1-7H,8-9H2,(H,18,20). The van der Waals surface area contributed by atoms with Crippen LogP contribution in [0.15, 0.2) is 42.5 Å². The van der Waals surface area contributed by atoms with Crippen molar-refractivity contribution in [1.82, 2.24) is 0 Å². The van der Waals surface area contributed by atoms with Crippen LogP contribution in [0.5, 0.6) is 0 Å². The van der Waals surface area contributed by atoms with Crippen LogP contribution < -0.4 is 5.32 Å². The Balaban J connectivity index is 2.05. The fourth-order valence-corrected chi connectivity index (χ4v) is 3.60. The molecule has 10 heteroatoms. The largest absolute Gasteiger partial charge is 0.325 e. The molecule has 0 saturated carbocycles. The summed E-state index contributed by atoms with van der Waals surface area (Å²) in [6, 6.07) is 9.88. The van der Waals surface area contributed by atoms with Crippen molar-refractivity contribution in [3.63, 3.8) is 0 Å². The minimum Gasteiger partial charge on any atom is -0.325 e. The number of halogens is 2. The van der Waals surface area contributed by atoms with Gasteiger partial charge in [-0.3, -0.25) is 14.9 Å². The van der Waals surface area contributed by atoms with Gasteiger partial charge >= 0.3 is 0 Å². The fourth-order valence-electron chi connectivity index (χ4n) is 2.01. The lowest BCUT2D eigenvalue weighted by molar-refractivity contribution is -0.384. The molecule has 0 spiro atoms. The van der Waals surface area contributed by atoms with Crippen LogP contribution >= 0.6 is 23.2 Å². The first-order valence-corrected chi connectivity index (χ1v) is 9.43. The Morgan fingerprint density at radius 1 is 1.12 bits per heavy atom. The van der Waals surface area contributed by atoms with Crippen molar-refractivity contribution >= 4 is 50.3 Å². The first-order chi connectivity index (χ1) is 11.7. The number of rotatable bonds is 6. The summed E-state index contributed by atoms with van der Waals surface area (Å²) in [4.78, 5) is 22.0. The topological polar surface area (TPSA) is 106 Å². The molecule has 2 aromatic rings. The van der Waals surface area contributed by atoms with Gasteiger partial charge < -0.3 is 5.32 Å². The number of anilines is 1. The van der Waals surface area contributed by atoms with Gasteiger partial charge in [-0.25, -0.2) is 8.42 Å². The van der Waals surface area contributed by atoms with Gasteiger partial charge in [-0.1, -0.05) is 35.3 Å². The summed E-state index contributed by atoms with van der Waals surface area (Å²) in [5.74, 6) is -1.88. The minimum atomic E-state index is -3.72. The number of benzene rings is 2. The Hall–Kier alpha value is -2.16. The molecule has 0 fully saturated rings. The second-order valence-corrected chi connectivity index (χ2v) is 8.04. The molecule has 0 heterocycles. The van der Waals surface area contributed by atoms with E-state index in [1.807, 2.05) is 0 Å². The van der Waals surface area contributed by atoms with Crippen molar-refractivity contribution in [2.75, 3.05) is 11.1 Å². The zero-order valence-electron chi connectivity index (χ0n) is 12.6. The molecule has 2 rings (SSSR count). The molecule has 0 unspecified atom stereocenters. The maximum absolute atomic E-state index is 12.1. The normalized spacial score (nSPS) is 11.1. The molecule has 0 aliphatic heterocycles. The summed E-state index contributed by atoms with van der Waals surface area (Å²) in [6.45, 7) is 0. The predicted octanol–water partition coefficient (Wildman–Crippen LogP) is 3.46. The Morgan fingerprint density at radius 2 is 1.76 bits per heavy atom. The lowest BCUT2D eigenvalue weighted by atomic mass is 10.2. The number of hydrogen-bond donors (Lipinski definition) is 1. The summed E-state index contributed by atoms with van der Waals surface area (Å²) in [7, 11) is -3.72. The minimum absolute atomic E-state index is 0.0849. The fraction of sp³-hybridized carbons (Fsp3) is 0.133. The molecule has 1 amide bonds. The van der Waals surface area contributed by atoms with E-state index in [-0.39, 0.29) is 22.2 Å².